The van der Waals surface area contributed by atoms with E-state index in [2.05, 4.69) is 25.6 Å². The van der Waals surface area contributed by atoms with Crippen molar-refractivity contribution in [2.75, 3.05) is 12.3 Å². The van der Waals surface area contributed by atoms with E-state index in [1.807, 2.05) is 6.92 Å². The predicted octanol–water partition coefficient (Wildman–Crippen LogP) is 0.449. The summed E-state index contributed by atoms with van der Waals surface area (Å²) in [5.74, 6) is 1.78. The summed E-state index contributed by atoms with van der Waals surface area (Å²) in [5, 5.41) is 21.4. The Hall–Kier alpha value is -2.19. The number of imidazole rings is 1. The molecule has 0 aromatic carbocycles. The number of nitrogens with one attached hydrogen (secondary N) is 3. The van der Waals surface area contributed by atoms with Gasteiger partial charge in [-0.3, -0.25) is 15.6 Å². The first kappa shape index (κ1) is 13.9. The van der Waals surface area contributed by atoms with Crippen molar-refractivity contribution in [2.24, 2.45) is 4.99 Å². The van der Waals surface area contributed by atoms with Crippen LogP contribution in [0.1, 0.15) is 11.4 Å². The van der Waals surface area contributed by atoms with Crippen LogP contribution in [-0.2, 0) is 5.75 Å². The SMILES string of the molecule is Cc1[nH]cnc1CSCCN=C(NC#N)NC#N. The molecule has 0 amide bonds. The minimum absolute atomic E-state index is 0.177. The van der Waals surface area contributed by atoms with E-state index in [1.165, 1.54) is 0 Å². The topological polar surface area (TPSA) is 113 Å². The second kappa shape index (κ2) is 7.98. The third-order valence-electron chi connectivity index (χ3n) is 2.03. The van der Waals surface area contributed by atoms with E-state index < -0.39 is 0 Å². The quantitative estimate of drug-likeness (QED) is 0.234. The minimum Gasteiger partial charge on any atom is -0.348 e. The van der Waals surface area contributed by atoms with Crippen molar-refractivity contribution < 1.29 is 0 Å². The Morgan fingerprint density at radius 1 is 1.50 bits per heavy atom. The summed E-state index contributed by atoms with van der Waals surface area (Å²) >= 11 is 1.69. The first-order chi connectivity index (χ1) is 8.77. The fraction of sp³-hybridized carbons (Fsp3) is 0.400. The normalized spacial score (nSPS) is 9.06. The molecule has 0 bridgehead atoms. The highest BCUT2D eigenvalue weighted by Crippen LogP contribution is 2.11. The van der Waals surface area contributed by atoms with Gasteiger partial charge in [-0.2, -0.15) is 22.3 Å². The summed E-state index contributed by atoms with van der Waals surface area (Å²) in [6.45, 7) is 2.50. The van der Waals surface area contributed by atoms with E-state index in [4.69, 9.17) is 10.5 Å². The van der Waals surface area contributed by atoms with Crippen molar-refractivity contribution in [3.05, 3.63) is 17.7 Å². The molecular formula is C10H13N7S. The second-order valence-electron chi connectivity index (χ2n) is 3.23. The van der Waals surface area contributed by atoms with Crippen LogP contribution in [0.2, 0.25) is 0 Å². The fourth-order valence-corrected chi connectivity index (χ4v) is 1.99. The van der Waals surface area contributed by atoms with Gasteiger partial charge in [0, 0.05) is 17.2 Å². The summed E-state index contributed by atoms with van der Waals surface area (Å²) in [6, 6.07) is 0. The molecule has 0 saturated heterocycles. The third kappa shape index (κ3) is 4.76. The average Bonchev–Trinajstić information content (AvgIpc) is 2.75. The molecule has 0 radical (unpaired) electrons. The zero-order valence-corrected chi connectivity index (χ0v) is 10.7. The second-order valence-corrected chi connectivity index (χ2v) is 4.34. The lowest BCUT2D eigenvalue weighted by Crippen LogP contribution is -2.31. The molecule has 0 aliphatic heterocycles. The number of aromatic nitrogens is 2. The van der Waals surface area contributed by atoms with E-state index in [-0.39, 0.29) is 5.96 Å². The van der Waals surface area contributed by atoms with Crippen LogP contribution in [0.25, 0.3) is 0 Å². The Labute approximate surface area is 109 Å². The molecule has 94 valence electrons. The zero-order chi connectivity index (χ0) is 13.2. The predicted molar refractivity (Wildman–Crippen MR) is 69.3 cm³/mol. The van der Waals surface area contributed by atoms with Crippen LogP contribution in [0.15, 0.2) is 11.3 Å². The van der Waals surface area contributed by atoms with Gasteiger partial charge in [-0.1, -0.05) is 0 Å². The highest BCUT2D eigenvalue weighted by Gasteiger charge is 2.00. The van der Waals surface area contributed by atoms with Gasteiger partial charge in [-0.15, -0.1) is 0 Å². The minimum atomic E-state index is 0.177. The van der Waals surface area contributed by atoms with Crippen molar-refractivity contribution in [1.82, 2.24) is 20.6 Å². The summed E-state index contributed by atoms with van der Waals surface area (Å²) in [4.78, 5) is 11.2. The Morgan fingerprint density at radius 3 is 2.78 bits per heavy atom. The molecule has 0 unspecified atom stereocenters. The number of aliphatic imine (C=N–C) groups is 1. The summed E-state index contributed by atoms with van der Waals surface area (Å²) in [5.41, 5.74) is 2.11. The molecule has 1 heterocycles. The number of hydrogen-bond donors (Lipinski definition) is 3. The number of aryl methyl sites for hydroxylation is 1. The molecule has 0 fully saturated rings. The molecule has 0 aliphatic carbocycles. The molecule has 1 aromatic heterocycles. The number of nitriles is 2. The van der Waals surface area contributed by atoms with Crippen LogP contribution in [-0.4, -0.2) is 28.2 Å². The van der Waals surface area contributed by atoms with Crippen LogP contribution in [0.4, 0.5) is 0 Å². The van der Waals surface area contributed by atoms with Crippen LogP contribution < -0.4 is 10.6 Å². The Kier molecular flexibility index (Phi) is 6.15. The van der Waals surface area contributed by atoms with E-state index in [1.54, 1.807) is 30.5 Å². The Balaban J connectivity index is 2.25. The maximum absolute atomic E-state index is 8.41. The van der Waals surface area contributed by atoms with Crippen LogP contribution in [0, 0.1) is 29.8 Å². The number of nitrogens with zero attached hydrogens (tertiary/aromatic N) is 4. The van der Waals surface area contributed by atoms with Gasteiger partial charge >= 0.3 is 0 Å². The first-order valence-corrected chi connectivity index (χ1v) is 6.34. The van der Waals surface area contributed by atoms with Crippen molar-refractivity contribution in [1.29, 1.82) is 10.5 Å². The summed E-state index contributed by atoms with van der Waals surface area (Å²) < 4.78 is 0. The zero-order valence-electron chi connectivity index (χ0n) is 9.90. The standard InChI is InChI=1S/C10H13N7S/c1-8-9(17-7-16-8)4-18-3-2-13-10(14-5-11)15-6-12/h7H,2-4H2,1H3,(H,16,17)(H2,13,14,15). The molecule has 1 rings (SSSR count). The Bertz CT molecular complexity index is 461. The molecule has 1 aromatic rings. The first-order valence-electron chi connectivity index (χ1n) is 5.19. The van der Waals surface area contributed by atoms with Crippen LogP contribution >= 0.6 is 11.8 Å². The van der Waals surface area contributed by atoms with Gasteiger partial charge in [0.25, 0.3) is 0 Å². The largest absolute Gasteiger partial charge is 0.348 e. The van der Waals surface area contributed by atoms with Gasteiger partial charge < -0.3 is 4.98 Å². The lowest BCUT2D eigenvalue weighted by atomic mass is 10.4. The number of hydrogen-bond acceptors (Lipinski definition) is 5. The fourth-order valence-electron chi connectivity index (χ4n) is 1.14. The number of H-pyrrole nitrogens is 1. The van der Waals surface area contributed by atoms with Crippen LogP contribution in [0.5, 0.6) is 0 Å². The van der Waals surface area contributed by atoms with E-state index >= 15 is 0 Å². The van der Waals surface area contributed by atoms with Crippen molar-refractivity contribution in [3.8, 4) is 12.4 Å². The number of thioether (sulfide) groups is 1. The van der Waals surface area contributed by atoms with Gasteiger partial charge in [0.2, 0.25) is 5.96 Å². The molecule has 18 heavy (non-hydrogen) atoms. The monoisotopic (exact) mass is 263 g/mol. The number of rotatable bonds is 5. The van der Waals surface area contributed by atoms with Crippen molar-refractivity contribution in [3.63, 3.8) is 0 Å². The average molecular weight is 263 g/mol. The number of aromatic amines is 1. The molecular weight excluding hydrogens is 250 g/mol. The lowest BCUT2D eigenvalue weighted by molar-refractivity contribution is 1.04. The molecule has 0 saturated carbocycles. The third-order valence-corrected chi connectivity index (χ3v) is 2.98. The summed E-state index contributed by atoms with van der Waals surface area (Å²) in [6.07, 6.45) is 5.09. The highest BCUT2D eigenvalue weighted by atomic mass is 32.2. The molecule has 8 heteroatoms. The molecule has 7 nitrogen and oxygen atoms in total. The van der Waals surface area contributed by atoms with E-state index in [0.717, 1.165) is 22.9 Å². The number of guanidine groups is 1. The molecule has 3 N–H and O–H groups in total. The smallest absolute Gasteiger partial charge is 0.218 e. The summed E-state index contributed by atoms with van der Waals surface area (Å²) in [7, 11) is 0. The Morgan fingerprint density at radius 2 is 2.22 bits per heavy atom. The van der Waals surface area contributed by atoms with E-state index in [9.17, 15) is 0 Å². The van der Waals surface area contributed by atoms with Crippen molar-refractivity contribution in [2.45, 2.75) is 12.7 Å². The highest BCUT2D eigenvalue weighted by molar-refractivity contribution is 7.98. The molecule has 0 aliphatic rings. The van der Waals surface area contributed by atoms with Gasteiger partial charge in [0.1, 0.15) is 0 Å². The van der Waals surface area contributed by atoms with E-state index in [0.29, 0.717) is 6.54 Å². The maximum Gasteiger partial charge on any atom is 0.218 e. The lowest BCUT2D eigenvalue weighted by Gasteiger charge is -2.01. The van der Waals surface area contributed by atoms with Gasteiger partial charge in [-0.25, -0.2) is 4.98 Å². The van der Waals surface area contributed by atoms with Gasteiger partial charge in [0.15, 0.2) is 12.4 Å². The maximum atomic E-state index is 8.41. The molecule has 0 atom stereocenters. The molecule has 0 spiro atoms. The van der Waals surface area contributed by atoms with Gasteiger partial charge in [-0.05, 0) is 6.92 Å². The van der Waals surface area contributed by atoms with Crippen molar-refractivity contribution >= 4 is 17.7 Å². The van der Waals surface area contributed by atoms with Gasteiger partial charge in [0.05, 0.1) is 18.6 Å². The van der Waals surface area contributed by atoms with Crippen LogP contribution in [0.3, 0.4) is 0 Å².